The van der Waals surface area contributed by atoms with E-state index in [9.17, 15) is 0 Å². The largest absolute Gasteiger partial charge is 0.348 e. The van der Waals surface area contributed by atoms with Gasteiger partial charge in [0.05, 0.1) is 6.61 Å². The van der Waals surface area contributed by atoms with Crippen LogP contribution in [0.3, 0.4) is 0 Å². The fraction of sp³-hybridized carbons (Fsp3) is 0.191. The highest BCUT2D eigenvalue weighted by Crippen LogP contribution is 2.44. The molecule has 7 aromatic rings. The van der Waals surface area contributed by atoms with Gasteiger partial charge in [-0.25, -0.2) is 0 Å². The van der Waals surface area contributed by atoms with E-state index in [0.29, 0.717) is 6.61 Å². The molecule has 52 heavy (non-hydrogen) atoms. The van der Waals surface area contributed by atoms with Crippen molar-refractivity contribution in [3.63, 3.8) is 0 Å². The minimum Gasteiger partial charge on any atom is -0.348 e. The fourth-order valence-electron chi connectivity index (χ4n) is 7.88. The van der Waals surface area contributed by atoms with E-state index in [0.717, 1.165) is 62.0 Å². The summed E-state index contributed by atoms with van der Waals surface area (Å²) in [5, 5.41) is 9.29. The maximum atomic E-state index is 7.06. The van der Waals surface area contributed by atoms with Gasteiger partial charge < -0.3 is 9.47 Å². The van der Waals surface area contributed by atoms with Gasteiger partial charge in [0.1, 0.15) is 12.2 Å². The van der Waals surface area contributed by atoms with Gasteiger partial charge in [0, 0.05) is 0 Å². The van der Waals surface area contributed by atoms with Crippen LogP contribution in [-0.2, 0) is 24.7 Å². The molecule has 0 saturated carbocycles. The van der Waals surface area contributed by atoms with E-state index >= 15 is 0 Å². The Morgan fingerprint density at radius 1 is 0.596 bits per heavy atom. The van der Waals surface area contributed by atoms with E-state index in [2.05, 4.69) is 163 Å². The van der Waals surface area contributed by atoms with Crippen molar-refractivity contribution in [3.05, 3.63) is 178 Å². The highest BCUT2D eigenvalue weighted by molar-refractivity contribution is 5.85. The van der Waals surface area contributed by atoms with Gasteiger partial charge in [-0.05, 0) is 116 Å². The minimum atomic E-state index is -1.17. The zero-order valence-corrected chi connectivity index (χ0v) is 29.4. The van der Waals surface area contributed by atoms with Crippen LogP contribution >= 0.6 is 0 Å². The van der Waals surface area contributed by atoms with Gasteiger partial charge in [0.15, 0.2) is 11.4 Å². The van der Waals surface area contributed by atoms with E-state index in [1.54, 1.807) is 0 Å². The molecule has 7 aromatic carbocycles. The second-order valence-corrected chi connectivity index (χ2v) is 14.3. The quantitative estimate of drug-likeness (QED) is 0.154. The predicted molar refractivity (Wildman–Crippen MR) is 209 cm³/mol. The number of hydrogen-bond acceptors (Lipinski definition) is 5. The van der Waals surface area contributed by atoms with Gasteiger partial charge in [-0.1, -0.05) is 139 Å². The molecule has 0 aromatic heterocycles. The first kappa shape index (κ1) is 32.7. The normalized spacial score (nSPS) is 17.5. The first-order valence-electron chi connectivity index (χ1n) is 18.1. The Balaban J connectivity index is 1.18. The molecular formula is C47H41NO4. The maximum absolute atomic E-state index is 7.06. The molecule has 1 heterocycles. The second kappa shape index (κ2) is 13.4. The molecule has 0 bridgehead atoms. The smallest absolute Gasteiger partial charge is 0.171 e. The third kappa shape index (κ3) is 6.11. The lowest BCUT2D eigenvalue weighted by Crippen LogP contribution is -2.48. The summed E-state index contributed by atoms with van der Waals surface area (Å²) in [4.78, 5) is 13.8. The Labute approximate surface area is 303 Å². The summed E-state index contributed by atoms with van der Waals surface area (Å²) in [6.45, 7) is 4.21. The summed E-state index contributed by atoms with van der Waals surface area (Å²) in [6, 6.07) is 51.2. The molecule has 5 nitrogen and oxygen atoms in total. The van der Waals surface area contributed by atoms with Crippen molar-refractivity contribution in [3.8, 4) is 0 Å². The number of ether oxygens (including phenoxy) is 2. The average molecular weight is 684 g/mol. The third-order valence-corrected chi connectivity index (χ3v) is 10.6. The van der Waals surface area contributed by atoms with Crippen molar-refractivity contribution < 1.29 is 19.1 Å². The second-order valence-electron chi connectivity index (χ2n) is 14.3. The Morgan fingerprint density at radius 3 is 1.71 bits per heavy atom. The Kier molecular flexibility index (Phi) is 8.46. The number of nitrogens with one attached hydrogen (secondary N) is 1. The van der Waals surface area contributed by atoms with Crippen LogP contribution in [-0.4, -0.2) is 18.5 Å². The van der Waals surface area contributed by atoms with Gasteiger partial charge in [-0.2, -0.15) is 0 Å². The molecule has 2 unspecified atom stereocenters. The molecule has 1 aliphatic carbocycles. The third-order valence-electron chi connectivity index (χ3n) is 10.6. The van der Waals surface area contributed by atoms with Gasteiger partial charge in [-0.15, -0.1) is 0 Å². The van der Waals surface area contributed by atoms with Crippen LogP contribution in [0, 0.1) is 0 Å². The average Bonchev–Trinajstić information content (AvgIpc) is 3.56. The van der Waals surface area contributed by atoms with E-state index in [4.69, 9.17) is 19.1 Å². The molecule has 9 rings (SSSR count). The molecule has 258 valence electrons. The van der Waals surface area contributed by atoms with Crippen molar-refractivity contribution in [1.29, 1.82) is 0 Å². The van der Waals surface area contributed by atoms with Gasteiger partial charge in [0.2, 0.25) is 0 Å². The van der Waals surface area contributed by atoms with Crippen LogP contribution in [0.5, 0.6) is 0 Å². The first-order chi connectivity index (χ1) is 25.4. The molecule has 1 saturated heterocycles. The SMILES string of the molecule is CC1(C)OCC(C(ONOC(c2ccc3c(c2)=CCCC=3)c2ccc3ccccc3c2)(c2ccc3ccccc3c2)c2ccc3ccccc3c2)O1. The molecule has 1 N–H and O–H groups in total. The Morgan fingerprint density at radius 2 is 1.12 bits per heavy atom. The zero-order valence-electron chi connectivity index (χ0n) is 29.4. The number of fused-ring (bicyclic) bond motifs is 4. The maximum Gasteiger partial charge on any atom is 0.171 e. The predicted octanol–water partition coefficient (Wildman–Crippen LogP) is 9.14. The van der Waals surface area contributed by atoms with E-state index < -0.39 is 23.6 Å². The van der Waals surface area contributed by atoms with E-state index in [-0.39, 0.29) is 0 Å². The van der Waals surface area contributed by atoms with Crippen molar-refractivity contribution in [1.82, 2.24) is 5.64 Å². The number of rotatable bonds is 9. The summed E-state index contributed by atoms with van der Waals surface area (Å²) >= 11 is 0. The van der Waals surface area contributed by atoms with Crippen LogP contribution in [0.15, 0.2) is 146 Å². The van der Waals surface area contributed by atoms with Gasteiger partial charge in [0.25, 0.3) is 0 Å². The molecule has 2 atom stereocenters. The van der Waals surface area contributed by atoms with Crippen LogP contribution in [0.1, 0.15) is 55.0 Å². The first-order valence-corrected chi connectivity index (χ1v) is 18.1. The fourth-order valence-corrected chi connectivity index (χ4v) is 7.88. The number of benzene rings is 7. The summed E-state index contributed by atoms with van der Waals surface area (Å²) in [5.74, 6) is -0.807. The minimum absolute atomic E-state index is 0.319. The molecule has 0 radical (unpaired) electrons. The summed E-state index contributed by atoms with van der Waals surface area (Å²) in [7, 11) is 0. The zero-order chi connectivity index (χ0) is 35.1. The van der Waals surface area contributed by atoms with Gasteiger partial charge in [-0.3, -0.25) is 9.68 Å². The molecule has 1 aliphatic heterocycles. The highest BCUT2D eigenvalue weighted by Gasteiger charge is 2.52. The molecule has 1 fully saturated rings. The van der Waals surface area contributed by atoms with Crippen LogP contribution in [0.2, 0.25) is 0 Å². The van der Waals surface area contributed by atoms with Crippen molar-refractivity contribution >= 4 is 44.5 Å². The van der Waals surface area contributed by atoms with Crippen LogP contribution in [0.4, 0.5) is 0 Å². The lowest BCUT2D eigenvalue weighted by molar-refractivity contribution is -0.273. The van der Waals surface area contributed by atoms with Crippen molar-refractivity contribution in [2.45, 2.75) is 50.3 Å². The van der Waals surface area contributed by atoms with Crippen molar-refractivity contribution in [2.24, 2.45) is 0 Å². The van der Waals surface area contributed by atoms with Crippen LogP contribution in [0.25, 0.3) is 44.5 Å². The molecular weight excluding hydrogens is 643 g/mol. The lowest BCUT2D eigenvalue weighted by atomic mass is 9.80. The topological polar surface area (TPSA) is 49.0 Å². The summed E-state index contributed by atoms with van der Waals surface area (Å²) < 4.78 is 13.0. The number of hydrogen-bond donors (Lipinski definition) is 1. The lowest BCUT2D eigenvalue weighted by Gasteiger charge is -2.39. The Bertz CT molecular complexity index is 2480. The van der Waals surface area contributed by atoms with Gasteiger partial charge >= 0.3 is 0 Å². The Hall–Kier alpha value is -5.14. The summed E-state index contributed by atoms with van der Waals surface area (Å²) in [5.41, 5.74) is 5.81. The molecule has 2 aliphatic rings. The van der Waals surface area contributed by atoms with E-state index in [1.807, 2.05) is 13.8 Å². The highest BCUT2D eigenvalue weighted by atomic mass is 16.9. The van der Waals surface area contributed by atoms with Crippen LogP contribution < -0.4 is 16.1 Å². The molecule has 5 heteroatoms. The molecule has 0 amide bonds. The molecule has 0 spiro atoms. The van der Waals surface area contributed by atoms with E-state index in [1.165, 1.54) is 15.8 Å². The summed E-state index contributed by atoms with van der Waals surface area (Å²) in [6.07, 6.45) is 5.70. The monoisotopic (exact) mass is 683 g/mol. The standard InChI is InChI=1S/C47H41NO4/c1-46(2)49-31-44(50-46)47(42-25-23-34-13-5-9-17-38(34)29-42,43-26-24-35-14-6-10-18-39(35)30-43)52-48-51-45(40-21-19-32-11-3-7-15-36(32)27-40)41-22-20-33-12-4-8-16-37(33)28-41/h3,5-7,9-30,44-45,48H,4,8,31H2,1-2H3. The van der Waals surface area contributed by atoms with Crippen molar-refractivity contribution in [2.75, 3.05) is 6.61 Å².